The van der Waals surface area contributed by atoms with Crippen LogP contribution in [0.25, 0.3) is 5.57 Å². The number of nitrogens with zero attached hydrogens (tertiary/aromatic N) is 2. The molecular weight excluding hydrogens is 662 g/mol. The molecule has 0 amide bonds. The molecule has 4 saturated carbocycles. The van der Waals surface area contributed by atoms with Crippen LogP contribution in [-0.2, 0) is 10.0 Å². The SMILES string of the molecule is C=C[C@@H]1CC[C@]2(NCCN3CCN(S(C)(=O)=O)CC3)CC[C@]3(C)[C@H](CC[C@@H]4[C@@]5(C)CC=C(c6ccc(C(=O)O)c(F)c6)C(C)(C)[C@@H]5CC[C@]43C)[C@@H]12. The van der Waals surface area contributed by atoms with E-state index in [1.54, 1.807) is 10.4 Å². The lowest BCUT2D eigenvalue weighted by molar-refractivity contribution is -0.219. The summed E-state index contributed by atoms with van der Waals surface area (Å²) in [5, 5.41) is 13.6. The van der Waals surface area contributed by atoms with Crippen LogP contribution >= 0.6 is 0 Å². The average Bonchev–Trinajstić information content (AvgIpc) is 3.43. The Hall–Kier alpha value is -2.07. The van der Waals surface area contributed by atoms with E-state index >= 15 is 0 Å². The van der Waals surface area contributed by atoms with E-state index < -0.39 is 21.8 Å². The number of sulfonamides is 1. The Balaban J connectivity index is 1.11. The van der Waals surface area contributed by atoms with Crippen molar-refractivity contribution in [1.29, 1.82) is 0 Å². The lowest BCUT2D eigenvalue weighted by atomic mass is 9.33. The van der Waals surface area contributed by atoms with Crippen molar-refractivity contribution in [3.05, 3.63) is 53.9 Å². The van der Waals surface area contributed by atoms with Gasteiger partial charge in [0.1, 0.15) is 5.82 Å². The molecule has 0 radical (unpaired) electrons. The molecule has 1 saturated heterocycles. The molecule has 2 N–H and O–H groups in total. The highest BCUT2D eigenvalue weighted by molar-refractivity contribution is 7.88. The second-order valence-corrected chi connectivity index (χ2v) is 20.7. The molecule has 7 nitrogen and oxygen atoms in total. The van der Waals surface area contributed by atoms with E-state index in [9.17, 15) is 22.7 Å². The number of piperazine rings is 1. The molecule has 282 valence electrons. The van der Waals surface area contributed by atoms with Crippen LogP contribution in [-0.4, -0.2) is 79.8 Å². The molecule has 9 heteroatoms. The monoisotopic (exact) mass is 723 g/mol. The minimum Gasteiger partial charge on any atom is -0.478 e. The average molecular weight is 724 g/mol. The summed E-state index contributed by atoms with van der Waals surface area (Å²) in [6.45, 7) is 21.6. The highest BCUT2D eigenvalue weighted by Gasteiger charge is 2.70. The fourth-order valence-electron chi connectivity index (χ4n) is 13.9. The summed E-state index contributed by atoms with van der Waals surface area (Å²) in [5.74, 6) is 0.921. The van der Waals surface area contributed by atoms with Gasteiger partial charge in [-0.15, -0.1) is 6.58 Å². The highest BCUT2D eigenvalue weighted by Crippen LogP contribution is 2.76. The van der Waals surface area contributed by atoms with Crippen molar-refractivity contribution in [2.24, 2.45) is 51.2 Å². The summed E-state index contributed by atoms with van der Waals surface area (Å²) in [5.41, 5.74) is 2.27. The topological polar surface area (TPSA) is 90.0 Å². The molecule has 9 atom stereocenters. The minimum absolute atomic E-state index is 0.134. The molecule has 1 aliphatic heterocycles. The third-order valence-electron chi connectivity index (χ3n) is 16.6. The first kappa shape index (κ1) is 37.3. The van der Waals surface area contributed by atoms with E-state index in [2.05, 4.69) is 63.6 Å². The largest absolute Gasteiger partial charge is 0.478 e. The molecule has 0 aromatic heterocycles. The van der Waals surface area contributed by atoms with Gasteiger partial charge in [0.25, 0.3) is 0 Å². The number of carboxylic acids is 1. The van der Waals surface area contributed by atoms with Crippen molar-refractivity contribution in [3.8, 4) is 0 Å². The summed E-state index contributed by atoms with van der Waals surface area (Å²) in [6, 6.07) is 4.68. The van der Waals surface area contributed by atoms with Gasteiger partial charge < -0.3 is 10.4 Å². The molecular formula is C42H62FN3O4S. The highest BCUT2D eigenvalue weighted by atomic mass is 32.2. The third kappa shape index (κ3) is 5.72. The number of carbonyl (C=O) groups is 1. The summed E-state index contributed by atoms with van der Waals surface area (Å²) < 4.78 is 40.6. The maximum absolute atomic E-state index is 14.9. The second-order valence-electron chi connectivity index (χ2n) is 18.8. The molecule has 1 aromatic carbocycles. The Morgan fingerprint density at radius 1 is 0.980 bits per heavy atom. The number of aromatic carboxylic acids is 1. The normalized spacial score (nSPS) is 41.1. The zero-order chi connectivity index (χ0) is 36.8. The number of halogens is 1. The van der Waals surface area contributed by atoms with E-state index in [0.717, 1.165) is 50.2 Å². The van der Waals surface area contributed by atoms with Gasteiger partial charge >= 0.3 is 5.97 Å². The van der Waals surface area contributed by atoms with Crippen molar-refractivity contribution in [3.63, 3.8) is 0 Å². The number of rotatable bonds is 8. The zero-order valence-electron chi connectivity index (χ0n) is 31.9. The van der Waals surface area contributed by atoms with E-state index in [1.807, 2.05) is 0 Å². The first-order chi connectivity index (χ1) is 23.9. The van der Waals surface area contributed by atoms with Gasteiger partial charge in [-0.1, -0.05) is 52.8 Å². The number of nitrogens with one attached hydrogen (secondary N) is 1. The molecule has 7 rings (SSSR count). The van der Waals surface area contributed by atoms with Crippen LogP contribution in [0, 0.1) is 57.1 Å². The lowest BCUT2D eigenvalue weighted by Gasteiger charge is -2.72. The Morgan fingerprint density at radius 3 is 2.35 bits per heavy atom. The molecule has 1 heterocycles. The van der Waals surface area contributed by atoms with Gasteiger partial charge in [-0.2, -0.15) is 4.31 Å². The summed E-state index contributed by atoms with van der Waals surface area (Å²) in [6.07, 6.45) is 16.7. The molecule has 5 fully saturated rings. The van der Waals surface area contributed by atoms with Crippen LogP contribution in [0.3, 0.4) is 0 Å². The summed E-state index contributed by atoms with van der Waals surface area (Å²) in [7, 11) is -3.13. The van der Waals surface area contributed by atoms with Gasteiger partial charge in [-0.05, 0) is 132 Å². The van der Waals surface area contributed by atoms with Crippen molar-refractivity contribution in [2.75, 3.05) is 45.5 Å². The fourth-order valence-corrected chi connectivity index (χ4v) is 14.7. The Kier molecular flexibility index (Phi) is 9.33. The minimum atomic E-state index is -3.13. The van der Waals surface area contributed by atoms with Crippen LogP contribution in [0.2, 0.25) is 0 Å². The second kappa shape index (κ2) is 12.8. The number of allylic oxidation sites excluding steroid dienone is 3. The van der Waals surface area contributed by atoms with E-state index in [4.69, 9.17) is 0 Å². The van der Waals surface area contributed by atoms with Gasteiger partial charge in [0, 0.05) is 44.8 Å². The molecule has 5 aliphatic carbocycles. The number of carboxylic acid groups (broad SMARTS) is 1. The maximum Gasteiger partial charge on any atom is 0.338 e. The van der Waals surface area contributed by atoms with Gasteiger partial charge in [0.05, 0.1) is 11.8 Å². The molecule has 0 unspecified atom stereocenters. The van der Waals surface area contributed by atoms with Gasteiger partial charge in [0.2, 0.25) is 10.0 Å². The van der Waals surface area contributed by atoms with Crippen LogP contribution in [0.4, 0.5) is 4.39 Å². The molecule has 0 spiro atoms. The standard InChI is InChI=1S/C42H62FN3O4S/c1-8-28-13-18-42(44-21-22-45-23-25-46(26-24-45)51(7,49)50)20-19-40(5)32(36(28)42)11-12-35-39(4)16-14-31(29-9-10-30(37(47)48)33(43)27-29)38(2,3)34(39)15-17-41(35,40)6/h8-10,14,27-28,32,34-36,44H,1,11-13,15-26H2,2-7H3,(H,47,48)/t28-,32-,34+,35-,36-,39+,40-,41-,42+/m1/s1. The smallest absolute Gasteiger partial charge is 0.338 e. The number of fused-ring (bicyclic) bond motifs is 7. The summed E-state index contributed by atoms with van der Waals surface area (Å²) >= 11 is 0. The van der Waals surface area contributed by atoms with Gasteiger partial charge in [-0.3, -0.25) is 4.90 Å². The zero-order valence-corrected chi connectivity index (χ0v) is 32.8. The Bertz CT molecular complexity index is 1700. The van der Waals surface area contributed by atoms with Crippen molar-refractivity contribution >= 4 is 21.6 Å². The van der Waals surface area contributed by atoms with E-state index in [0.29, 0.717) is 42.7 Å². The van der Waals surface area contributed by atoms with E-state index in [1.165, 1.54) is 63.3 Å². The van der Waals surface area contributed by atoms with Crippen LogP contribution in [0.15, 0.2) is 36.9 Å². The molecule has 51 heavy (non-hydrogen) atoms. The Labute approximate surface area is 306 Å². The van der Waals surface area contributed by atoms with Crippen LogP contribution in [0.1, 0.15) is 108 Å². The maximum atomic E-state index is 14.9. The van der Waals surface area contributed by atoms with Crippen molar-refractivity contribution < 1.29 is 22.7 Å². The number of benzene rings is 1. The van der Waals surface area contributed by atoms with Crippen LogP contribution < -0.4 is 5.32 Å². The fraction of sp³-hybridized carbons (Fsp3) is 0.738. The van der Waals surface area contributed by atoms with Gasteiger partial charge in [0.15, 0.2) is 0 Å². The van der Waals surface area contributed by atoms with Crippen LogP contribution in [0.5, 0.6) is 0 Å². The van der Waals surface area contributed by atoms with Crippen molar-refractivity contribution in [1.82, 2.24) is 14.5 Å². The van der Waals surface area contributed by atoms with E-state index in [-0.39, 0.29) is 32.8 Å². The number of hydrogen-bond donors (Lipinski definition) is 2. The van der Waals surface area contributed by atoms with Gasteiger partial charge in [-0.25, -0.2) is 17.6 Å². The third-order valence-corrected chi connectivity index (χ3v) is 17.9. The first-order valence-electron chi connectivity index (χ1n) is 19.7. The molecule has 0 bridgehead atoms. The predicted octanol–water partition coefficient (Wildman–Crippen LogP) is 7.70. The van der Waals surface area contributed by atoms with Crippen molar-refractivity contribution in [2.45, 2.75) is 97.9 Å². The predicted molar refractivity (Wildman–Crippen MR) is 202 cm³/mol. The molecule has 6 aliphatic rings. The quantitative estimate of drug-likeness (QED) is 0.267. The molecule has 1 aromatic rings. The lowest BCUT2D eigenvalue weighted by Crippen LogP contribution is -2.68. The number of hydrogen-bond acceptors (Lipinski definition) is 5. The first-order valence-corrected chi connectivity index (χ1v) is 21.5. The Morgan fingerprint density at radius 2 is 1.71 bits per heavy atom. The summed E-state index contributed by atoms with van der Waals surface area (Å²) in [4.78, 5) is 14.0.